The lowest BCUT2D eigenvalue weighted by atomic mass is 10.1. The summed E-state index contributed by atoms with van der Waals surface area (Å²) in [5.74, 6) is 2.22. The van der Waals surface area contributed by atoms with Gasteiger partial charge in [0, 0.05) is 6.07 Å². The minimum atomic E-state index is -0.141. The Kier molecular flexibility index (Phi) is 6.55. The van der Waals surface area contributed by atoms with Gasteiger partial charge in [-0.25, -0.2) is 0 Å². The predicted molar refractivity (Wildman–Crippen MR) is 107 cm³/mol. The smallest absolute Gasteiger partial charge is 0.214 e. The van der Waals surface area contributed by atoms with Crippen molar-refractivity contribution in [3.8, 4) is 28.7 Å². The molecule has 0 atom stereocenters. The van der Waals surface area contributed by atoms with Gasteiger partial charge in [0.15, 0.2) is 5.78 Å². The van der Waals surface area contributed by atoms with E-state index >= 15 is 0 Å². The van der Waals surface area contributed by atoms with Crippen molar-refractivity contribution in [1.82, 2.24) is 20.2 Å². The van der Waals surface area contributed by atoms with Gasteiger partial charge in [-0.3, -0.25) is 4.79 Å². The van der Waals surface area contributed by atoms with Crippen LogP contribution in [0.4, 0.5) is 0 Å². The molecule has 0 spiro atoms. The van der Waals surface area contributed by atoms with Crippen LogP contribution in [0.5, 0.6) is 23.0 Å². The van der Waals surface area contributed by atoms with Crippen LogP contribution in [0.2, 0.25) is 0 Å². The lowest BCUT2D eigenvalue weighted by Crippen LogP contribution is -2.07. The summed E-state index contributed by atoms with van der Waals surface area (Å²) in [6.07, 6.45) is 0. The second-order valence-corrected chi connectivity index (χ2v) is 6.63. The highest BCUT2D eigenvalue weighted by Gasteiger charge is 2.18. The number of hydrogen-bond acceptors (Lipinski definition) is 9. The molecule has 2 aromatic carbocycles. The van der Waals surface area contributed by atoms with E-state index in [1.54, 1.807) is 57.7 Å². The zero-order valence-electron chi connectivity index (χ0n) is 16.4. The summed E-state index contributed by atoms with van der Waals surface area (Å²) in [7, 11) is 6.18. The lowest BCUT2D eigenvalue weighted by Gasteiger charge is -2.11. The minimum Gasteiger partial charge on any atom is -0.497 e. The van der Waals surface area contributed by atoms with Gasteiger partial charge in [-0.05, 0) is 40.8 Å². The second-order valence-electron chi connectivity index (χ2n) is 5.69. The highest BCUT2D eigenvalue weighted by atomic mass is 32.2. The molecule has 0 saturated heterocycles. The molecule has 0 aliphatic rings. The molecule has 0 saturated carbocycles. The number of nitrogens with zero attached hydrogens (tertiary/aromatic N) is 4. The molecule has 10 heteroatoms. The van der Waals surface area contributed by atoms with Crippen LogP contribution < -0.4 is 18.9 Å². The fourth-order valence-electron chi connectivity index (χ4n) is 2.62. The Balaban J connectivity index is 1.84. The number of thioether (sulfide) groups is 1. The quantitative estimate of drug-likeness (QED) is 0.385. The number of benzene rings is 2. The number of carbonyl (C=O) groups excluding carboxylic acids is 1. The number of hydrogen-bond donors (Lipinski definition) is 0. The SMILES string of the molecule is COc1ccc(OC)c(C(=O)CSc2nnnn2-c2cc(OC)ccc2OC)c1. The van der Waals surface area contributed by atoms with E-state index in [0.717, 1.165) is 0 Å². The van der Waals surface area contributed by atoms with Crippen LogP contribution >= 0.6 is 11.8 Å². The molecular formula is C19H20N4O5S. The third-order valence-electron chi connectivity index (χ3n) is 4.09. The van der Waals surface area contributed by atoms with E-state index in [-0.39, 0.29) is 11.5 Å². The van der Waals surface area contributed by atoms with Gasteiger partial charge in [-0.2, -0.15) is 4.68 Å². The van der Waals surface area contributed by atoms with Crippen LogP contribution in [-0.2, 0) is 0 Å². The summed E-state index contributed by atoms with van der Waals surface area (Å²) in [4.78, 5) is 12.8. The van der Waals surface area contributed by atoms with E-state index in [1.165, 1.54) is 23.6 Å². The van der Waals surface area contributed by atoms with Gasteiger partial charge >= 0.3 is 0 Å². The van der Waals surface area contributed by atoms with E-state index < -0.39 is 0 Å². The van der Waals surface area contributed by atoms with E-state index in [4.69, 9.17) is 18.9 Å². The van der Waals surface area contributed by atoms with E-state index in [0.29, 0.717) is 39.4 Å². The van der Waals surface area contributed by atoms with Gasteiger partial charge in [0.25, 0.3) is 0 Å². The van der Waals surface area contributed by atoms with Crippen LogP contribution in [0, 0.1) is 0 Å². The first-order chi connectivity index (χ1) is 14.1. The van der Waals surface area contributed by atoms with Crippen LogP contribution in [0.3, 0.4) is 0 Å². The third kappa shape index (κ3) is 4.43. The Hall–Kier alpha value is -3.27. The maximum atomic E-state index is 12.8. The number of ether oxygens (including phenoxy) is 4. The maximum Gasteiger partial charge on any atom is 0.214 e. The van der Waals surface area contributed by atoms with Gasteiger partial charge in [-0.1, -0.05) is 11.8 Å². The molecule has 0 unspecified atom stereocenters. The number of Topliss-reactive ketones (excluding diaryl/α,β-unsaturated/α-hetero) is 1. The highest BCUT2D eigenvalue weighted by Crippen LogP contribution is 2.31. The number of ketones is 1. The zero-order valence-corrected chi connectivity index (χ0v) is 17.2. The van der Waals surface area contributed by atoms with Crippen LogP contribution in [0.15, 0.2) is 41.6 Å². The molecule has 152 valence electrons. The van der Waals surface area contributed by atoms with E-state index in [2.05, 4.69) is 15.5 Å². The Morgan fingerprint density at radius 2 is 1.59 bits per heavy atom. The van der Waals surface area contributed by atoms with Crippen molar-refractivity contribution in [3.05, 3.63) is 42.0 Å². The molecule has 29 heavy (non-hydrogen) atoms. The number of aromatic nitrogens is 4. The molecule has 0 aliphatic heterocycles. The topological polar surface area (TPSA) is 97.6 Å². The van der Waals surface area contributed by atoms with Crippen molar-refractivity contribution in [1.29, 1.82) is 0 Å². The number of tetrazole rings is 1. The Labute approximate surface area is 171 Å². The zero-order chi connectivity index (χ0) is 20.8. The van der Waals surface area contributed by atoms with Crippen LogP contribution in [0.25, 0.3) is 5.69 Å². The van der Waals surface area contributed by atoms with Gasteiger partial charge in [0.1, 0.15) is 28.7 Å². The molecular weight excluding hydrogens is 396 g/mol. The number of rotatable bonds is 9. The maximum absolute atomic E-state index is 12.8. The number of carbonyl (C=O) groups is 1. The van der Waals surface area contributed by atoms with Crippen molar-refractivity contribution < 1.29 is 23.7 Å². The van der Waals surface area contributed by atoms with Crippen molar-refractivity contribution in [2.75, 3.05) is 34.2 Å². The molecule has 0 fully saturated rings. The monoisotopic (exact) mass is 416 g/mol. The minimum absolute atomic E-state index is 0.107. The van der Waals surface area contributed by atoms with Crippen LogP contribution in [0.1, 0.15) is 10.4 Å². The van der Waals surface area contributed by atoms with Gasteiger partial charge in [0.05, 0.1) is 39.8 Å². The summed E-state index contributed by atoms with van der Waals surface area (Å²) in [5.41, 5.74) is 1.03. The summed E-state index contributed by atoms with van der Waals surface area (Å²) in [6.45, 7) is 0. The van der Waals surface area contributed by atoms with Crippen molar-refractivity contribution >= 4 is 17.5 Å². The summed E-state index contributed by atoms with van der Waals surface area (Å²) < 4.78 is 22.7. The molecule has 9 nitrogen and oxygen atoms in total. The standard InChI is InChI=1S/C19H20N4O5S/c1-25-12-5-7-17(27-3)14(9-12)16(24)11-29-19-20-21-22-23(19)15-10-13(26-2)6-8-18(15)28-4/h5-10H,11H2,1-4H3. The van der Waals surface area contributed by atoms with E-state index in [9.17, 15) is 4.79 Å². The lowest BCUT2D eigenvalue weighted by molar-refractivity contribution is 0.101. The molecule has 0 radical (unpaired) electrons. The average Bonchev–Trinajstić information content (AvgIpc) is 3.24. The normalized spacial score (nSPS) is 10.5. The first-order valence-corrected chi connectivity index (χ1v) is 9.48. The van der Waals surface area contributed by atoms with E-state index in [1.807, 2.05) is 0 Å². The molecule has 0 amide bonds. The Bertz CT molecular complexity index is 1010. The Morgan fingerprint density at radius 3 is 2.24 bits per heavy atom. The average molecular weight is 416 g/mol. The summed E-state index contributed by atoms with van der Waals surface area (Å²) >= 11 is 1.20. The van der Waals surface area contributed by atoms with Gasteiger partial charge in [0.2, 0.25) is 5.16 Å². The first-order valence-electron chi connectivity index (χ1n) is 8.50. The molecule has 0 aliphatic carbocycles. The molecule has 3 aromatic rings. The third-order valence-corrected chi connectivity index (χ3v) is 5.01. The largest absolute Gasteiger partial charge is 0.497 e. The molecule has 0 N–H and O–H groups in total. The van der Waals surface area contributed by atoms with Gasteiger partial charge in [-0.15, -0.1) is 5.10 Å². The summed E-state index contributed by atoms with van der Waals surface area (Å²) in [5, 5.41) is 12.2. The van der Waals surface area contributed by atoms with Crippen molar-refractivity contribution in [2.24, 2.45) is 0 Å². The molecule has 3 rings (SSSR count). The van der Waals surface area contributed by atoms with Crippen molar-refractivity contribution in [2.45, 2.75) is 5.16 Å². The molecule has 1 heterocycles. The fraction of sp³-hybridized carbons (Fsp3) is 0.263. The fourth-order valence-corrected chi connectivity index (χ4v) is 3.39. The Morgan fingerprint density at radius 1 is 0.931 bits per heavy atom. The molecule has 1 aromatic heterocycles. The number of methoxy groups -OCH3 is 4. The van der Waals surface area contributed by atoms with Crippen LogP contribution in [-0.4, -0.2) is 60.2 Å². The summed E-state index contributed by atoms with van der Waals surface area (Å²) in [6, 6.07) is 10.4. The van der Waals surface area contributed by atoms with Gasteiger partial charge < -0.3 is 18.9 Å². The highest BCUT2D eigenvalue weighted by molar-refractivity contribution is 7.99. The molecule has 0 bridgehead atoms. The predicted octanol–water partition coefficient (Wildman–Crippen LogP) is 2.67. The first kappa shape index (κ1) is 20.5. The second kappa shape index (κ2) is 9.28. The van der Waals surface area contributed by atoms with Crippen molar-refractivity contribution in [3.63, 3.8) is 0 Å².